The van der Waals surface area contributed by atoms with Gasteiger partial charge in [0, 0.05) is 9.92 Å². The van der Waals surface area contributed by atoms with E-state index >= 15 is 0 Å². The highest BCUT2D eigenvalue weighted by molar-refractivity contribution is 8.00. The van der Waals surface area contributed by atoms with Gasteiger partial charge in [-0.1, -0.05) is 17.7 Å². The van der Waals surface area contributed by atoms with Crippen molar-refractivity contribution in [3.63, 3.8) is 0 Å². The number of halogens is 6. The van der Waals surface area contributed by atoms with Crippen molar-refractivity contribution in [1.82, 2.24) is 0 Å². The van der Waals surface area contributed by atoms with E-state index in [1.54, 1.807) is 0 Å². The molecule has 0 aliphatic rings. The molecular formula is C8H4ClF5S. The predicted octanol–water partition coefficient (Wildman–Crippen LogP) is 4.59. The molecule has 0 bridgehead atoms. The molecule has 0 saturated heterocycles. The Labute approximate surface area is 91.4 Å². The molecule has 0 N–H and O–H groups in total. The van der Waals surface area contributed by atoms with E-state index in [0.717, 1.165) is 12.1 Å². The normalized spacial score (nSPS) is 12.9. The van der Waals surface area contributed by atoms with Crippen LogP contribution in [0.2, 0.25) is 5.02 Å². The maximum atomic E-state index is 12.5. The summed E-state index contributed by atoms with van der Waals surface area (Å²) in [5.41, 5.74) is 0. The van der Waals surface area contributed by atoms with Crippen molar-refractivity contribution < 1.29 is 22.0 Å². The SMILES string of the molecule is FC(F)(F)C(F)(F)Sc1cccc(Cl)c1. The fourth-order valence-electron chi connectivity index (χ4n) is 0.736. The highest BCUT2D eigenvalue weighted by Crippen LogP contribution is 2.47. The minimum atomic E-state index is -5.57. The first kappa shape index (κ1) is 12.6. The molecular weight excluding hydrogens is 259 g/mol. The summed E-state index contributed by atoms with van der Waals surface area (Å²) in [6, 6.07) is 4.87. The summed E-state index contributed by atoms with van der Waals surface area (Å²) >= 11 is 4.87. The number of hydrogen-bond donors (Lipinski definition) is 0. The van der Waals surface area contributed by atoms with Gasteiger partial charge in [-0.05, 0) is 30.0 Å². The Morgan fingerprint density at radius 3 is 2.13 bits per heavy atom. The Hall–Kier alpha value is -0.490. The molecule has 0 fully saturated rings. The van der Waals surface area contributed by atoms with Gasteiger partial charge in [0.05, 0.1) is 0 Å². The van der Waals surface area contributed by atoms with Gasteiger partial charge in [-0.2, -0.15) is 22.0 Å². The van der Waals surface area contributed by atoms with Crippen LogP contribution in [0.5, 0.6) is 0 Å². The second kappa shape index (κ2) is 4.17. The molecule has 0 nitrogen and oxygen atoms in total. The van der Waals surface area contributed by atoms with E-state index in [0.29, 0.717) is 0 Å². The van der Waals surface area contributed by atoms with Gasteiger partial charge in [-0.15, -0.1) is 0 Å². The molecule has 1 aromatic rings. The zero-order chi connectivity index (χ0) is 11.7. The Morgan fingerprint density at radius 2 is 1.67 bits per heavy atom. The van der Waals surface area contributed by atoms with Crippen LogP contribution in [-0.2, 0) is 0 Å². The maximum Gasteiger partial charge on any atom is 0.464 e. The number of alkyl halides is 5. The Balaban J connectivity index is 2.87. The molecule has 15 heavy (non-hydrogen) atoms. The van der Waals surface area contributed by atoms with Crippen LogP contribution in [0.15, 0.2) is 29.2 Å². The zero-order valence-corrected chi connectivity index (χ0v) is 8.56. The smallest absolute Gasteiger partial charge is 0.183 e. The summed E-state index contributed by atoms with van der Waals surface area (Å²) in [6.07, 6.45) is -5.57. The van der Waals surface area contributed by atoms with Crippen LogP contribution >= 0.6 is 23.4 Å². The molecule has 84 valence electrons. The molecule has 0 unspecified atom stereocenters. The minimum Gasteiger partial charge on any atom is -0.183 e. The van der Waals surface area contributed by atoms with Crippen LogP contribution < -0.4 is 0 Å². The number of hydrogen-bond acceptors (Lipinski definition) is 1. The summed E-state index contributed by atoms with van der Waals surface area (Å²) in [7, 11) is 0. The summed E-state index contributed by atoms with van der Waals surface area (Å²) in [5.74, 6) is 0. The molecule has 0 atom stereocenters. The van der Waals surface area contributed by atoms with Gasteiger partial charge in [0.25, 0.3) is 0 Å². The predicted molar refractivity (Wildman–Crippen MR) is 48.3 cm³/mol. The van der Waals surface area contributed by atoms with Gasteiger partial charge in [0.1, 0.15) is 0 Å². The molecule has 7 heteroatoms. The molecule has 0 aliphatic heterocycles. The maximum absolute atomic E-state index is 12.5. The Bertz CT molecular complexity index is 349. The number of rotatable bonds is 2. The number of thioether (sulfide) groups is 1. The minimum absolute atomic E-state index is 0.109. The molecule has 0 radical (unpaired) electrons. The van der Waals surface area contributed by atoms with Crippen molar-refractivity contribution in [3.8, 4) is 0 Å². The lowest BCUT2D eigenvalue weighted by atomic mass is 10.4. The molecule has 0 amide bonds. The molecule has 0 heterocycles. The third-order valence-electron chi connectivity index (χ3n) is 1.37. The lowest BCUT2D eigenvalue weighted by Gasteiger charge is -2.18. The van der Waals surface area contributed by atoms with Crippen LogP contribution in [-0.4, -0.2) is 11.4 Å². The van der Waals surface area contributed by atoms with Gasteiger partial charge in [-0.25, -0.2) is 0 Å². The van der Waals surface area contributed by atoms with Crippen molar-refractivity contribution in [3.05, 3.63) is 29.3 Å². The van der Waals surface area contributed by atoms with Crippen LogP contribution in [0.3, 0.4) is 0 Å². The fourth-order valence-corrected chi connectivity index (χ4v) is 1.74. The highest BCUT2D eigenvalue weighted by Gasteiger charge is 2.58. The molecule has 0 spiro atoms. The van der Waals surface area contributed by atoms with Gasteiger partial charge in [0.2, 0.25) is 0 Å². The second-order valence-corrected chi connectivity index (χ2v) is 4.20. The molecule has 0 aliphatic carbocycles. The summed E-state index contributed by atoms with van der Waals surface area (Å²) in [5, 5.41) is -4.70. The van der Waals surface area contributed by atoms with Crippen molar-refractivity contribution in [2.75, 3.05) is 0 Å². The van der Waals surface area contributed by atoms with E-state index in [2.05, 4.69) is 0 Å². The average Bonchev–Trinajstić information content (AvgIpc) is 2.00. The standard InChI is InChI=1S/C8H4ClF5S/c9-5-2-1-3-6(4-5)15-8(13,14)7(10,11)12/h1-4H. The van der Waals surface area contributed by atoms with E-state index in [1.165, 1.54) is 12.1 Å². The first-order chi connectivity index (χ1) is 6.72. The summed E-state index contributed by atoms with van der Waals surface area (Å²) in [4.78, 5) is -0.232. The Morgan fingerprint density at radius 1 is 1.07 bits per heavy atom. The highest BCUT2D eigenvalue weighted by atomic mass is 35.5. The summed E-state index contributed by atoms with van der Waals surface area (Å²) < 4.78 is 60.5. The third kappa shape index (κ3) is 3.24. The van der Waals surface area contributed by atoms with Gasteiger partial charge >= 0.3 is 11.4 Å². The fraction of sp³-hybridized carbons (Fsp3) is 0.250. The Kier molecular flexibility index (Phi) is 3.50. The summed E-state index contributed by atoms with van der Waals surface area (Å²) in [6.45, 7) is 0. The largest absolute Gasteiger partial charge is 0.464 e. The monoisotopic (exact) mass is 262 g/mol. The van der Waals surface area contributed by atoms with E-state index in [9.17, 15) is 22.0 Å². The van der Waals surface area contributed by atoms with Crippen LogP contribution in [0.1, 0.15) is 0 Å². The first-order valence-corrected chi connectivity index (χ1v) is 4.81. The molecule has 0 saturated carbocycles. The number of benzene rings is 1. The van der Waals surface area contributed by atoms with E-state index in [4.69, 9.17) is 11.6 Å². The van der Waals surface area contributed by atoms with Crippen LogP contribution in [0.4, 0.5) is 22.0 Å². The lowest BCUT2D eigenvalue weighted by Crippen LogP contribution is -2.32. The zero-order valence-electron chi connectivity index (χ0n) is 6.99. The van der Waals surface area contributed by atoms with E-state index < -0.39 is 23.2 Å². The van der Waals surface area contributed by atoms with Gasteiger partial charge < -0.3 is 0 Å². The third-order valence-corrected chi connectivity index (χ3v) is 2.58. The van der Waals surface area contributed by atoms with Crippen molar-refractivity contribution in [2.24, 2.45) is 0 Å². The van der Waals surface area contributed by atoms with Crippen LogP contribution in [0.25, 0.3) is 0 Å². The van der Waals surface area contributed by atoms with E-state index in [1.807, 2.05) is 0 Å². The van der Waals surface area contributed by atoms with Gasteiger partial charge in [-0.3, -0.25) is 0 Å². The molecule has 1 aromatic carbocycles. The van der Waals surface area contributed by atoms with Crippen LogP contribution in [0, 0.1) is 0 Å². The second-order valence-electron chi connectivity index (χ2n) is 2.57. The van der Waals surface area contributed by atoms with Crippen molar-refractivity contribution in [1.29, 1.82) is 0 Å². The average molecular weight is 263 g/mol. The van der Waals surface area contributed by atoms with Gasteiger partial charge in [0.15, 0.2) is 0 Å². The lowest BCUT2D eigenvalue weighted by molar-refractivity contribution is -0.237. The van der Waals surface area contributed by atoms with Crippen molar-refractivity contribution >= 4 is 23.4 Å². The molecule has 0 aromatic heterocycles. The first-order valence-electron chi connectivity index (χ1n) is 3.61. The molecule has 1 rings (SSSR count). The quantitative estimate of drug-likeness (QED) is 0.555. The topological polar surface area (TPSA) is 0 Å². The van der Waals surface area contributed by atoms with Crippen molar-refractivity contribution in [2.45, 2.75) is 16.3 Å². The van der Waals surface area contributed by atoms with E-state index in [-0.39, 0.29) is 9.92 Å².